The quantitative estimate of drug-likeness (QED) is 0.754. The third-order valence-corrected chi connectivity index (χ3v) is 4.31. The molecule has 140 valence electrons. The summed E-state index contributed by atoms with van der Waals surface area (Å²) in [4.78, 5) is 29.7. The molecule has 1 fully saturated rings. The second-order valence-electron chi connectivity index (χ2n) is 6.56. The van der Waals surface area contributed by atoms with Crippen LogP contribution in [-0.2, 0) is 16.1 Å². The average Bonchev–Trinajstić information content (AvgIpc) is 3.14. The van der Waals surface area contributed by atoms with Gasteiger partial charge in [0.15, 0.2) is 5.82 Å². The van der Waals surface area contributed by atoms with Gasteiger partial charge in [-0.1, -0.05) is 0 Å². The van der Waals surface area contributed by atoms with E-state index in [1.807, 2.05) is 36.9 Å². The smallest absolute Gasteiger partial charge is 0.223 e. The molecule has 0 unspecified atom stereocenters. The molecule has 0 spiro atoms. The lowest BCUT2D eigenvalue weighted by molar-refractivity contribution is -0.140. The van der Waals surface area contributed by atoms with E-state index in [0.29, 0.717) is 45.0 Å². The fraction of sp³-hybridized carbons (Fsp3) is 0.588. The number of hydrogen-bond acceptors (Lipinski definition) is 7. The summed E-state index contributed by atoms with van der Waals surface area (Å²) < 4.78 is 7.34. The lowest BCUT2D eigenvalue weighted by Crippen LogP contribution is -2.44. The fourth-order valence-electron chi connectivity index (χ4n) is 2.95. The van der Waals surface area contributed by atoms with Gasteiger partial charge in [-0.15, -0.1) is 0 Å². The summed E-state index contributed by atoms with van der Waals surface area (Å²) in [7, 11) is 3.88. The summed E-state index contributed by atoms with van der Waals surface area (Å²) in [5.41, 5.74) is 0.878. The molecule has 1 atom stereocenters. The third kappa shape index (κ3) is 4.34. The number of nitrogens with zero attached hydrogens (tertiary/aromatic N) is 7. The molecule has 2 aromatic heterocycles. The van der Waals surface area contributed by atoms with Crippen LogP contribution in [0.5, 0.6) is 0 Å². The van der Waals surface area contributed by atoms with Crippen LogP contribution in [0.4, 0.5) is 5.82 Å². The minimum Gasteiger partial charge on any atom is -0.377 e. The predicted octanol–water partition coefficient (Wildman–Crippen LogP) is 0.823. The molecule has 0 saturated carbocycles. The topological polar surface area (TPSA) is 89.3 Å². The Hall–Kier alpha value is -2.55. The largest absolute Gasteiger partial charge is 0.377 e. The fourth-order valence-corrected chi connectivity index (χ4v) is 2.95. The van der Waals surface area contributed by atoms with Crippen molar-refractivity contribution < 1.29 is 9.53 Å². The number of hydrogen-bond donors (Lipinski definition) is 0. The van der Waals surface area contributed by atoms with Gasteiger partial charge < -0.3 is 14.5 Å². The monoisotopic (exact) mass is 359 g/mol. The maximum Gasteiger partial charge on any atom is 0.223 e. The number of rotatable bonds is 6. The van der Waals surface area contributed by atoms with Crippen LogP contribution < -0.4 is 4.90 Å². The second-order valence-corrected chi connectivity index (χ2v) is 6.56. The molecule has 1 amide bonds. The van der Waals surface area contributed by atoms with Crippen molar-refractivity contribution in [3.63, 3.8) is 0 Å². The van der Waals surface area contributed by atoms with Crippen molar-refractivity contribution in [1.82, 2.24) is 29.6 Å². The molecule has 0 radical (unpaired) electrons. The van der Waals surface area contributed by atoms with Crippen molar-refractivity contribution in [3.05, 3.63) is 30.2 Å². The minimum absolute atomic E-state index is 0.0925. The molecule has 0 aromatic carbocycles. The first-order chi connectivity index (χ1) is 12.5. The Balaban J connectivity index is 1.70. The predicted molar refractivity (Wildman–Crippen MR) is 95.6 cm³/mol. The van der Waals surface area contributed by atoms with Crippen LogP contribution in [0.2, 0.25) is 0 Å². The van der Waals surface area contributed by atoms with Gasteiger partial charge in [-0.05, 0) is 13.3 Å². The van der Waals surface area contributed by atoms with E-state index in [2.05, 4.69) is 20.1 Å². The molecule has 1 saturated heterocycles. The molecule has 0 bridgehead atoms. The van der Waals surface area contributed by atoms with Crippen molar-refractivity contribution in [2.45, 2.75) is 32.4 Å². The highest BCUT2D eigenvalue weighted by Gasteiger charge is 2.30. The highest BCUT2D eigenvalue weighted by atomic mass is 16.5. The van der Waals surface area contributed by atoms with E-state index in [1.54, 1.807) is 11.0 Å². The second kappa shape index (κ2) is 8.22. The normalized spacial score (nSPS) is 17.3. The van der Waals surface area contributed by atoms with Crippen LogP contribution in [0.1, 0.15) is 30.4 Å². The first-order valence-corrected chi connectivity index (χ1v) is 8.77. The van der Waals surface area contributed by atoms with E-state index >= 15 is 0 Å². The summed E-state index contributed by atoms with van der Waals surface area (Å²) in [6.45, 7) is 4.13. The van der Waals surface area contributed by atoms with Crippen LogP contribution in [0, 0.1) is 6.92 Å². The first kappa shape index (κ1) is 18.2. The lowest BCUT2D eigenvalue weighted by atomic mass is 10.1. The summed E-state index contributed by atoms with van der Waals surface area (Å²) in [6, 6.07) is 1.68. The van der Waals surface area contributed by atoms with Gasteiger partial charge in [-0.25, -0.2) is 15.0 Å². The highest BCUT2D eigenvalue weighted by molar-refractivity contribution is 5.76. The van der Waals surface area contributed by atoms with Gasteiger partial charge in [0.05, 0.1) is 13.2 Å². The van der Waals surface area contributed by atoms with Crippen LogP contribution in [0.15, 0.2) is 18.7 Å². The Bertz CT molecular complexity index is 733. The van der Waals surface area contributed by atoms with Gasteiger partial charge in [-0.3, -0.25) is 9.48 Å². The molecule has 9 heteroatoms. The van der Waals surface area contributed by atoms with Crippen LogP contribution in [0.25, 0.3) is 0 Å². The SMILES string of the molecule is Cc1cc(N(C)C)nc([C@@H]2COCCN2C(=O)CCCn2cncn2)n1. The molecule has 2 aromatic rings. The van der Waals surface area contributed by atoms with Gasteiger partial charge in [0.1, 0.15) is 24.5 Å². The number of aryl methyl sites for hydroxylation is 2. The van der Waals surface area contributed by atoms with Crippen LogP contribution >= 0.6 is 0 Å². The number of carbonyl (C=O) groups excluding carboxylic acids is 1. The van der Waals surface area contributed by atoms with Crippen molar-refractivity contribution >= 4 is 11.7 Å². The van der Waals surface area contributed by atoms with Crippen molar-refractivity contribution in [1.29, 1.82) is 0 Å². The zero-order valence-electron chi connectivity index (χ0n) is 15.5. The van der Waals surface area contributed by atoms with Crippen molar-refractivity contribution in [2.24, 2.45) is 0 Å². The van der Waals surface area contributed by atoms with Crippen LogP contribution in [-0.4, -0.2) is 69.4 Å². The molecule has 3 heterocycles. The van der Waals surface area contributed by atoms with E-state index < -0.39 is 0 Å². The van der Waals surface area contributed by atoms with Gasteiger partial charge in [-0.2, -0.15) is 5.10 Å². The average molecular weight is 359 g/mol. The number of morpholine rings is 1. The molecule has 0 aliphatic carbocycles. The van der Waals surface area contributed by atoms with E-state index in [-0.39, 0.29) is 11.9 Å². The Morgan fingerprint density at radius 1 is 1.38 bits per heavy atom. The lowest BCUT2D eigenvalue weighted by Gasteiger charge is -2.35. The van der Waals surface area contributed by atoms with Crippen molar-refractivity contribution in [2.75, 3.05) is 38.8 Å². The highest BCUT2D eigenvalue weighted by Crippen LogP contribution is 2.24. The van der Waals surface area contributed by atoms with Gasteiger partial charge in [0, 0.05) is 45.4 Å². The maximum atomic E-state index is 12.8. The molecule has 0 N–H and O–H groups in total. The summed E-state index contributed by atoms with van der Waals surface area (Å²) >= 11 is 0. The van der Waals surface area contributed by atoms with E-state index in [9.17, 15) is 4.79 Å². The summed E-state index contributed by atoms with van der Waals surface area (Å²) in [6.07, 6.45) is 4.31. The number of ether oxygens (including phenoxy) is 1. The van der Waals surface area contributed by atoms with Crippen molar-refractivity contribution in [3.8, 4) is 0 Å². The van der Waals surface area contributed by atoms with E-state index in [4.69, 9.17) is 4.74 Å². The molecular formula is C17H25N7O2. The third-order valence-electron chi connectivity index (χ3n) is 4.31. The summed E-state index contributed by atoms with van der Waals surface area (Å²) in [5.74, 6) is 1.56. The standard InChI is InChI=1S/C17H25N7O2/c1-13-9-15(22(2)3)21-17(20-13)14-10-26-8-7-24(14)16(25)5-4-6-23-12-18-11-19-23/h9,11-12,14H,4-8,10H2,1-3H3/t14-/m0/s1. The molecule has 3 rings (SSSR count). The first-order valence-electron chi connectivity index (χ1n) is 8.77. The number of aromatic nitrogens is 5. The maximum absolute atomic E-state index is 12.8. The van der Waals surface area contributed by atoms with Gasteiger partial charge >= 0.3 is 0 Å². The molecule has 26 heavy (non-hydrogen) atoms. The molecular weight excluding hydrogens is 334 g/mol. The number of carbonyl (C=O) groups is 1. The Labute approximate surface area is 153 Å². The minimum atomic E-state index is -0.249. The summed E-state index contributed by atoms with van der Waals surface area (Å²) in [5, 5.41) is 4.06. The zero-order valence-corrected chi connectivity index (χ0v) is 15.5. The molecule has 1 aliphatic rings. The Morgan fingerprint density at radius 3 is 2.96 bits per heavy atom. The van der Waals surface area contributed by atoms with E-state index in [1.165, 1.54) is 6.33 Å². The van der Waals surface area contributed by atoms with Gasteiger partial charge in [0.2, 0.25) is 5.91 Å². The van der Waals surface area contributed by atoms with Gasteiger partial charge in [0.25, 0.3) is 0 Å². The molecule has 9 nitrogen and oxygen atoms in total. The Kier molecular flexibility index (Phi) is 5.77. The number of amides is 1. The number of anilines is 1. The Morgan fingerprint density at radius 2 is 2.23 bits per heavy atom. The zero-order chi connectivity index (χ0) is 18.5. The van der Waals surface area contributed by atoms with E-state index in [0.717, 1.165) is 11.5 Å². The van der Waals surface area contributed by atoms with Crippen LogP contribution in [0.3, 0.4) is 0 Å². The molecule has 1 aliphatic heterocycles.